The SMILES string of the molecule is Cl.N#CCCN(N=Cc1cccnc1)C1=NS(=O)(=O)c2ccccc21. The number of amidine groups is 1. The molecule has 0 saturated carbocycles. The number of sulfonamides is 1. The predicted octanol–water partition coefficient (Wildman–Crippen LogP) is 2.20. The summed E-state index contributed by atoms with van der Waals surface area (Å²) in [5, 5.41) is 14.6. The standard InChI is InChI=1S/C16H13N5O2S.ClH/c17-8-4-10-21(19-12-13-5-3-9-18-11-13)16-14-6-1-2-7-15(14)24(22,23)20-16;/h1-3,5-7,9,11-12H,4,10H2;1H. The van der Waals surface area contributed by atoms with E-state index in [1.165, 1.54) is 11.1 Å². The van der Waals surface area contributed by atoms with Crippen molar-refractivity contribution in [1.29, 1.82) is 5.26 Å². The number of nitrogens with zero attached hydrogens (tertiary/aromatic N) is 5. The Labute approximate surface area is 151 Å². The molecule has 1 aliphatic heterocycles. The van der Waals surface area contributed by atoms with E-state index >= 15 is 0 Å². The van der Waals surface area contributed by atoms with Crippen LogP contribution in [-0.4, -0.2) is 37.0 Å². The second kappa shape index (κ2) is 7.88. The van der Waals surface area contributed by atoms with Crippen molar-refractivity contribution in [2.45, 2.75) is 11.3 Å². The summed E-state index contributed by atoms with van der Waals surface area (Å²) in [5.74, 6) is 0.223. The summed E-state index contributed by atoms with van der Waals surface area (Å²) in [6.45, 7) is 0.232. The Morgan fingerprint density at radius 2 is 2.04 bits per heavy atom. The van der Waals surface area contributed by atoms with Gasteiger partial charge in [0.2, 0.25) is 0 Å². The number of pyridine rings is 1. The van der Waals surface area contributed by atoms with E-state index in [0.29, 0.717) is 5.56 Å². The van der Waals surface area contributed by atoms with E-state index in [9.17, 15) is 8.42 Å². The first-order valence-corrected chi connectivity index (χ1v) is 8.59. The smallest absolute Gasteiger partial charge is 0.264 e. The summed E-state index contributed by atoms with van der Waals surface area (Å²) in [6.07, 6.45) is 5.02. The van der Waals surface area contributed by atoms with Gasteiger partial charge in [0.1, 0.15) is 4.90 Å². The molecule has 0 fully saturated rings. The van der Waals surface area contributed by atoms with Gasteiger partial charge in [0.05, 0.1) is 25.2 Å². The van der Waals surface area contributed by atoms with Gasteiger partial charge in [0, 0.05) is 23.5 Å². The van der Waals surface area contributed by atoms with Crippen LogP contribution in [-0.2, 0) is 10.0 Å². The Morgan fingerprint density at radius 1 is 1.24 bits per heavy atom. The number of hydrogen-bond acceptors (Lipinski definition) is 6. The molecule has 7 nitrogen and oxygen atoms in total. The maximum Gasteiger partial charge on any atom is 0.285 e. The molecule has 0 saturated heterocycles. The van der Waals surface area contributed by atoms with E-state index in [1.807, 2.05) is 12.1 Å². The highest BCUT2D eigenvalue weighted by molar-refractivity contribution is 7.90. The lowest BCUT2D eigenvalue weighted by atomic mass is 10.2. The summed E-state index contributed by atoms with van der Waals surface area (Å²) in [6, 6.07) is 12.2. The minimum absolute atomic E-state index is 0. The van der Waals surface area contributed by atoms with Crippen molar-refractivity contribution in [3.8, 4) is 6.07 Å². The van der Waals surface area contributed by atoms with Gasteiger partial charge in [-0.3, -0.25) is 4.98 Å². The second-order valence-corrected chi connectivity index (χ2v) is 6.52. The van der Waals surface area contributed by atoms with Gasteiger partial charge in [0.15, 0.2) is 5.84 Å². The zero-order chi connectivity index (χ0) is 17.0. The van der Waals surface area contributed by atoms with E-state index in [1.54, 1.807) is 42.9 Å². The molecule has 1 aliphatic rings. The Morgan fingerprint density at radius 3 is 2.76 bits per heavy atom. The maximum absolute atomic E-state index is 12.2. The molecule has 0 radical (unpaired) electrons. The van der Waals surface area contributed by atoms with Crippen molar-refractivity contribution in [2.24, 2.45) is 9.50 Å². The molecule has 0 amide bonds. The van der Waals surface area contributed by atoms with E-state index in [-0.39, 0.29) is 36.1 Å². The summed E-state index contributed by atoms with van der Waals surface area (Å²) >= 11 is 0. The van der Waals surface area contributed by atoms with E-state index in [4.69, 9.17) is 5.26 Å². The van der Waals surface area contributed by atoms with Crippen molar-refractivity contribution in [3.05, 3.63) is 59.9 Å². The molecule has 1 aromatic carbocycles. The van der Waals surface area contributed by atoms with E-state index in [2.05, 4.69) is 14.5 Å². The molecule has 0 unspecified atom stereocenters. The van der Waals surface area contributed by atoms with Gasteiger partial charge in [-0.05, 0) is 18.2 Å². The number of aromatic nitrogens is 1. The monoisotopic (exact) mass is 375 g/mol. The topological polar surface area (TPSA) is 98.8 Å². The van der Waals surface area contributed by atoms with Gasteiger partial charge >= 0.3 is 0 Å². The third kappa shape index (κ3) is 4.02. The van der Waals surface area contributed by atoms with Crippen LogP contribution in [0.25, 0.3) is 0 Å². The van der Waals surface area contributed by atoms with Crippen LogP contribution in [0.5, 0.6) is 0 Å². The fourth-order valence-electron chi connectivity index (χ4n) is 2.24. The lowest BCUT2D eigenvalue weighted by Crippen LogP contribution is -2.27. The normalized spacial score (nSPS) is 14.3. The fraction of sp³-hybridized carbons (Fsp3) is 0.125. The summed E-state index contributed by atoms with van der Waals surface area (Å²) in [5.41, 5.74) is 1.24. The Hall–Kier alpha value is -2.76. The molecule has 0 N–H and O–H groups in total. The number of nitriles is 1. The number of benzene rings is 1. The summed E-state index contributed by atoms with van der Waals surface area (Å²) in [4.78, 5) is 4.14. The minimum atomic E-state index is -3.73. The highest BCUT2D eigenvalue weighted by Gasteiger charge is 2.31. The lowest BCUT2D eigenvalue weighted by Gasteiger charge is -2.17. The number of rotatable bonds is 4. The molecular weight excluding hydrogens is 362 g/mol. The molecule has 2 heterocycles. The van der Waals surface area contributed by atoms with Crippen LogP contribution < -0.4 is 0 Å². The van der Waals surface area contributed by atoms with Crippen molar-refractivity contribution < 1.29 is 8.42 Å². The first-order valence-electron chi connectivity index (χ1n) is 7.15. The molecule has 2 aromatic rings. The molecule has 25 heavy (non-hydrogen) atoms. The Bertz CT molecular complexity index is 952. The Balaban J connectivity index is 0.00000225. The van der Waals surface area contributed by atoms with Gasteiger partial charge in [0.25, 0.3) is 10.0 Å². The van der Waals surface area contributed by atoms with Crippen molar-refractivity contribution in [2.75, 3.05) is 6.54 Å². The Kier molecular flexibility index (Phi) is 5.85. The molecule has 0 bridgehead atoms. The molecule has 128 valence electrons. The minimum Gasteiger partial charge on any atom is -0.264 e. The lowest BCUT2D eigenvalue weighted by molar-refractivity contribution is 0.459. The van der Waals surface area contributed by atoms with E-state index in [0.717, 1.165) is 5.56 Å². The van der Waals surface area contributed by atoms with Gasteiger partial charge in [-0.25, -0.2) is 5.01 Å². The first kappa shape index (κ1) is 18.6. The summed E-state index contributed by atoms with van der Waals surface area (Å²) in [7, 11) is -3.73. The summed E-state index contributed by atoms with van der Waals surface area (Å²) < 4.78 is 28.2. The fourth-order valence-corrected chi connectivity index (χ4v) is 3.44. The van der Waals surface area contributed by atoms with Crippen LogP contribution in [0.1, 0.15) is 17.5 Å². The predicted molar refractivity (Wildman–Crippen MR) is 96.2 cm³/mol. The van der Waals surface area contributed by atoms with Crippen molar-refractivity contribution >= 4 is 34.5 Å². The van der Waals surface area contributed by atoms with Crippen LogP contribution in [0, 0.1) is 11.3 Å². The molecule has 0 atom stereocenters. The van der Waals surface area contributed by atoms with Crippen LogP contribution >= 0.6 is 12.4 Å². The van der Waals surface area contributed by atoms with E-state index < -0.39 is 10.0 Å². The quantitative estimate of drug-likeness (QED) is 0.602. The third-order valence-electron chi connectivity index (χ3n) is 3.32. The van der Waals surface area contributed by atoms with Crippen LogP contribution in [0.2, 0.25) is 0 Å². The molecular formula is C16H14ClN5O2S. The molecule has 3 rings (SSSR count). The van der Waals surface area contributed by atoms with Gasteiger partial charge in [-0.1, -0.05) is 18.2 Å². The number of hydrazone groups is 1. The average Bonchev–Trinajstić information content (AvgIpc) is 2.88. The van der Waals surface area contributed by atoms with Gasteiger partial charge in [-0.2, -0.15) is 18.8 Å². The molecule has 9 heteroatoms. The van der Waals surface area contributed by atoms with Crippen LogP contribution in [0.3, 0.4) is 0 Å². The highest BCUT2D eigenvalue weighted by Crippen LogP contribution is 2.27. The number of halogens is 1. The van der Waals surface area contributed by atoms with Crippen molar-refractivity contribution in [1.82, 2.24) is 9.99 Å². The number of fused-ring (bicyclic) bond motifs is 1. The zero-order valence-electron chi connectivity index (χ0n) is 13.0. The number of hydrogen-bond donors (Lipinski definition) is 0. The molecule has 0 spiro atoms. The first-order chi connectivity index (χ1) is 11.6. The second-order valence-electron chi connectivity index (χ2n) is 4.95. The highest BCUT2D eigenvalue weighted by atomic mass is 35.5. The van der Waals surface area contributed by atoms with Crippen LogP contribution in [0.15, 0.2) is 63.2 Å². The van der Waals surface area contributed by atoms with Gasteiger partial charge in [-0.15, -0.1) is 16.8 Å². The molecule has 0 aliphatic carbocycles. The van der Waals surface area contributed by atoms with Gasteiger partial charge < -0.3 is 0 Å². The molecule has 1 aromatic heterocycles. The van der Waals surface area contributed by atoms with Crippen LogP contribution in [0.4, 0.5) is 0 Å². The third-order valence-corrected chi connectivity index (χ3v) is 4.65. The van der Waals surface area contributed by atoms with Crippen molar-refractivity contribution in [3.63, 3.8) is 0 Å². The zero-order valence-corrected chi connectivity index (χ0v) is 14.6. The maximum atomic E-state index is 12.2. The average molecular weight is 376 g/mol. The largest absolute Gasteiger partial charge is 0.285 e.